The van der Waals surface area contributed by atoms with Crippen LogP contribution in [0, 0.1) is 0 Å². The first-order valence-corrected chi connectivity index (χ1v) is 9.32. The Hall–Kier alpha value is -3.55. The van der Waals surface area contributed by atoms with Crippen molar-refractivity contribution in [1.29, 1.82) is 0 Å². The zero-order valence-corrected chi connectivity index (χ0v) is 19.5. The smallest absolute Gasteiger partial charge is 0.548 e. The van der Waals surface area contributed by atoms with Crippen LogP contribution in [0.5, 0.6) is 0 Å². The number of benzene rings is 1. The molecule has 0 saturated carbocycles. The Bertz CT molecular complexity index is 1230. The van der Waals surface area contributed by atoms with E-state index in [1.165, 1.54) is 18.3 Å². The van der Waals surface area contributed by atoms with Crippen LogP contribution in [0.15, 0.2) is 35.3 Å². The van der Waals surface area contributed by atoms with Crippen LogP contribution in [0.1, 0.15) is 28.9 Å². The number of anilines is 2. The van der Waals surface area contributed by atoms with E-state index < -0.39 is 35.9 Å². The molecule has 0 fully saturated rings. The molecule has 1 atom stereocenters. The molecule has 13 nitrogen and oxygen atoms in total. The predicted octanol–water partition coefficient (Wildman–Crippen LogP) is -4.38. The van der Waals surface area contributed by atoms with Gasteiger partial charge < -0.3 is 31.4 Å². The Labute approximate surface area is 208 Å². The van der Waals surface area contributed by atoms with E-state index in [0.717, 1.165) is 0 Å². The number of carboxylic acids is 2. The Kier molecular flexibility index (Phi) is 8.85. The molecule has 0 saturated heterocycles. The summed E-state index contributed by atoms with van der Waals surface area (Å²) in [4.78, 5) is 60.4. The van der Waals surface area contributed by atoms with Crippen LogP contribution < -0.4 is 56.6 Å². The summed E-state index contributed by atoms with van der Waals surface area (Å²) >= 11 is 0. The molecule has 2 heterocycles. The largest absolute Gasteiger partial charge is 1.00 e. The van der Waals surface area contributed by atoms with Gasteiger partial charge >= 0.3 is 35.5 Å². The minimum atomic E-state index is -1.56. The molecule has 3 aromatic rings. The number of H-pyrrole nitrogens is 1. The van der Waals surface area contributed by atoms with Crippen LogP contribution in [0.3, 0.4) is 0 Å². The van der Waals surface area contributed by atoms with Crippen molar-refractivity contribution in [2.24, 2.45) is 0 Å². The topological polar surface area (TPSA) is 216 Å². The Morgan fingerprint density at radius 1 is 1.18 bits per heavy atom. The molecule has 0 radical (unpaired) electrons. The minimum Gasteiger partial charge on any atom is -0.548 e. The summed E-state index contributed by atoms with van der Waals surface area (Å²) in [6.45, 7) is 0.222. The van der Waals surface area contributed by atoms with Crippen molar-refractivity contribution >= 4 is 40.6 Å². The fourth-order valence-electron chi connectivity index (χ4n) is 2.75. The summed E-state index contributed by atoms with van der Waals surface area (Å²) in [6, 6.07) is 4.68. The van der Waals surface area contributed by atoms with Crippen molar-refractivity contribution in [2.45, 2.75) is 25.4 Å². The first kappa shape index (κ1) is 25.7. The molecular formula is C19H18N7NaO6. The average molecular weight is 463 g/mol. The molecule has 33 heavy (non-hydrogen) atoms. The first-order valence-electron chi connectivity index (χ1n) is 9.32. The summed E-state index contributed by atoms with van der Waals surface area (Å²) in [7, 11) is 0. The number of hydrogen-bond acceptors (Lipinski definition) is 10. The maximum Gasteiger partial charge on any atom is 1.00 e. The molecule has 1 aromatic carbocycles. The van der Waals surface area contributed by atoms with E-state index in [4.69, 9.17) is 10.8 Å². The number of nitrogens with one attached hydrogen (secondary N) is 3. The Morgan fingerprint density at radius 3 is 2.52 bits per heavy atom. The molecule has 166 valence electrons. The van der Waals surface area contributed by atoms with Crippen LogP contribution >= 0.6 is 0 Å². The molecule has 2 aromatic heterocycles. The van der Waals surface area contributed by atoms with E-state index in [2.05, 4.69) is 30.6 Å². The number of nitrogen functional groups attached to an aromatic ring is 1. The number of aliphatic carboxylic acids is 2. The third-order valence-electron chi connectivity index (χ3n) is 4.34. The molecular weight excluding hydrogens is 445 g/mol. The summed E-state index contributed by atoms with van der Waals surface area (Å²) in [5.74, 6) is -3.48. The first-order chi connectivity index (χ1) is 15.2. The molecule has 0 aliphatic rings. The molecule has 1 unspecified atom stereocenters. The molecule has 0 spiro atoms. The van der Waals surface area contributed by atoms with Gasteiger partial charge in [-0.2, -0.15) is 4.98 Å². The normalized spacial score (nSPS) is 11.3. The van der Waals surface area contributed by atoms with Crippen molar-refractivity contribution < 1.29 is 54.2 Å². The minimum absolute atomic E-state index is 0. The maximum atomic E-state index is 12.2. The second-order valence-corrected chi connectivity index (χ2v) is 6.69. The zero-order chi connectivity index (χ0) is 23.3. The van der Waals surface area contributed by atoms with Gasteiger partial charge in [-0.15, -0.1) is 0 Å². The van der Waals surface area contributed by atoms with Crippen molar-refractivity contribution in [3.05, 3.63) is 52.1 Å². The molecule has 0 aliphatic carbocycles. The molecule has 6 N–H and O–H groups in total. The van der Waals surface area contributed by atoms with Gasteiger partial charge in [-0.05, 0) is 30.7 Å². The van der Waals surface area contributed by atoms with E-state index in [0.29, 0.717) is 11.4 Å². The number of rotatable bonds is 9. The molecule has 0 bridgehead atoms. The number of carbonyl (C=O) groups excluding carboxylic acids is 2. The van der Waals surface area contributed by atoms with E-state index >= 15 is 0 Å². The average Bonchev–Trinajstić information content (AvgIpc) is 2.75. The molecule has 14 heteroatoms. The van der Waals surface area contributed by atoms with Gasteiger partial charge in [0, 0.05) is 17.7 Å². The van der Waals surface area contributed by atoms with E-state index in [1.54, 1.807) is 12.1 Å². The third-order valence-corrected chi connectivity index (χ3v) is 4.34. The van der Waals surface area contributed by atoms with E-state index in [1.807, 2.05) is 0 Å². The zero-order valence-electron chi connectivity index (χ0n) is 17.5. The van der Waals surface area contributed by atoms with Crippen LogP contribution in [-0.4, -0.2) is 48.9 Å². The number of nitrogens with zero attached hydrogens (tertiary/aromatic N) is 3. The number of amides is 1. The van der Waals surface area contributed by atoms with E-state index in [9.17, 15) is 24.3 Å². The fraction of sp³-hybridized carbons (Fsp3) is 0.211. The van der Waals surface area contributed by atoms with Gasteiger partial charge in [-0.1, -0.05) is 0 Å². The summed E-state index contributed by atoms with van der Waals surface area (Å²) < 4.78 is 0. The van der Waals surface area contributed by atoms with Crippen molar-refractivity contribution in [3.8, 4) is 0 Å². The van der Waals surface area contributed by atoms with Gasteiger partial charge in [0.15, 0.2) is 11.2 Å². The summed E-state index contributed by atoms with van der Waals surface area (Å²) in [5.41, 5.74) is 6.41. The fourth-order valence-corrected chi connectivity index (χ4v) is 2.75. The SMILES string of the molecule is Nc1nc2ncc(CNc3ccc(C(=O)NC(CCC(=O)O)C(=O)[O-])cc3)nc2c(=O)[nH]1.[Na+]. The van der Waals surface area contributed by atoms with Gasteiger partial charge in [-0.3, -0.25) is 19.4 Å². The number of aromatic amines is 1. The predicted molar refractivity (Wildman–Crippen MR) is 109 cm³/mol. The van der Waals surface area contributed by atoms with Crippen LogP contribution in [0.4, 0.5) is 11.6 Å². The Balaban J connectivity index is 0.00000385. The monoisotopic (exact) mass is 463 g/mol. The van der Waals surface area contributed by atoms with Gasteiger partial charge in [0.2, 0.25) is 5.95 Å². The molecule has 0 aliphatic heterocycles. The van der Waals surface area contributed by atoms with Gasteiger partial charge in [0.1, 0.15) is 0 Å². The quantitative estimate of drug-likeness (QED) is 0.191. The number of fused-ring (bicyclic) bond motifs is 1. The van der Waals surface area contributed by atoms with Gasteiger partial charge in [-0.25, -0.2) is 9.97 Å². The van der Waals surface area contributed by atoms with Crippen LogP contribution in [-0.2, 0) is 16.1 Å². The second-order valence-electron chi connectivity index (χ2n) is 6.69. The number of carbonyl (C=O) groups is 3. The third kappa shape index (κ3) is 6.97. The number of hydrogen-bond donors (Lipinski definition) is 5. The molecule has 1 amide bonds. The standard InChI is InChI=1S/C19H19N7O6.Na/c20-19-25-15-14(17(30)26-19)23-11(8-22-15)7-21-10-3-1-9(2-4-10)16(29)24-12(18(31)32)5-6-13(27)28;/h1-4,8,12,21H,5-7H2,(H,24,29)(H,27,28)(H,31,32)(H3,20,22,25,26,30);/q;+1/p-1. The maximum absolute atomic E-state index is 12.2. The van der Waals surface area contributed by atoms with Gasteiger partial charge in [0.25, 0.3) is 11.5 Å². The van der Waals surface area contributed by atoms with Gasteiger partial charge in [0.05, 0.1) is 30.4 Å². The second kappa shape index (κ2) is 11.4. The Morgan fingerprint density at radius 2 is 1.88 bits per heavy atom. The summed E-state index contributed by atoms with van der Waals surface area (Å²) in [6.07, 6.45) is 0.732. The molecule has 3 rings (SSSR count). The number of aromatic nitrogens is 4. The van der Waals surface area contributed by atoms with Crippen molar-refractivity contribution in [2.75, 3.05) is 11.1 Å². The van der Waals surface area contributed by atoms with Crippen LogP contribution in [0.2, 0.25) is 0 Å². The summed E-state index contributed by atoms with van der Waals surface area (Å²) in [5, 5.41) is 25.1. The van der Waals surface area contributed by atoms with Crippen LogP contribution in [0.25, 0.3) is 11.2 Å². The number of carboxylic acid groups (broad SMARTS) is 2. The van der Waals surface area contributed by atoms with Crippen molar-refractivity contribution in [3.63, 3.8) is 0 Å². The number of nitrogens with two attached hydrogens (primary N) is 1. The van der Waals surface area contributed by atoms with Crippen molar-refractivity contribution in [1.82, 2.24) is 25.3 Å². The van der Waals surface area contributed by atoms with E-state index in [-0.39, 0.29) is 65.2 Å².